The fraction of sp³-hybridized carbons (Fsp3) is 0.500. The zero-order valence-corrected chi connectivity index (χ0v) is 11.4. The molecule has 0 saturated carbocycles. The number of piperidine rings is 1. The van der Waals surface area contributed by atoms with Crippen molar-refractivity contribution in [2.75, 3.05) is 31.6 Å². The molecule has 96 valence electrons. The molecule has 1 aliphatic heterocycles. The van der Waals surface area contributed by atoms with Gasteiger partial charge in [0.05, 0.1) is 16.3 Å². The fourth-order valence-electron chi connectivity index (χ4n) is 2.49. The number of hydrogen-bond acceptors (Lipinski definition) is 3. The molecule has 4 heteroatoms. The predicted octanol–water partition coefficient (Wildman–Crippen LogP) is 2.65. The van der Waals surface area contributed by atoms with Crippen molar-refractivity contribution >= 4 is 17.3 Å². The highest BCUT2D eigenvalue weighted by atomic mass is 35.5. The molecule has 1 aromatic carbocycles. The first-order chi connectivity index (χ1) is 8.72. The van der Waals surface area contributed by atoms with Gasteiger partial charge in [-0.05, 0) is 44.0 Å². The van der Waals surface area contributed by atoms with Gasteiger partial charge >= 0.3 is 0 Å². The lowest BCUT2D eigenvalue weighted by Gasteiger charge is -2.29. The molecular formula is C14H18ClN3. The molecule has 1 heterocycles. The minimum absolute atomic E-state index is 0.534. The van der Waals surface area contributed by atoms with Gasteiger partial charge in [-0.25, -0.2) is 0 Å². The van der Waals surface area contributed by atoms with Crippen molar-refractivity contribution in [2.24, 2.45) is 5.92 Å². The summed E-state index contributed by atoms with van der Waals surface area (Å²) in [5.41, 5.74) is 1.51. The van der Waals surface area contributed by atoms with E-state index in [2.05, 4.69) is 16.3 Å². The Kier molecular flexibility index (Phi) is 4.46. The maximum Gasteiger partial charge on any atom is 0.103 e. The number of rotatable bonds is 3. The van der Waals surface area contributed by atoms with Crippen molar-refractivity contribution < 1.29 is 0 Å². The summed E-state index contributed by atoms with van der Waals surface area (Å²) in [7, 11) is 2.04. The number of nitrogens with zero attached hydrogens (tertiary/aromatic N) is 2. The van der Waals surface area contributed by atoms with E-state index in [4.69, 9.17) is 11.6 Å². The Labute approximate surface area is 113 Å². The largest absolute Gasteiger partial charge is 0.373 e. The molecule has 3 nitrogen and oxygen atoms in total. The Morgan fingerprint density at radius 2 is 2.17 bits per heavy atom. The minimum atomic E-state index is 0.534. The Bertz CT molecular complexity index is 447. The van der Waals surface area contributed by atoms with Gasteiger partial charge in [0.2, 0.25) is 0 Å². The van der Waals surface area contributed by atoms with E-state index in [1.165, 1.54) is 12.8 Å². The predicted molar refractivity (Wildman–Crippen MR) is 75.0 cm³/mol. The Hall–Kier alpha value is -1.24. The molecule has 2 rings (SSSR count). The van der Waals surface area contributed by atoms with Crippen LogP contribution in [0.5, 0.6) is 0 Å². The van der Waals surface area contributed by atoms with Gasteiger partial charge in [-0.1, -0.05) is 17.7 Å². The van der Waals surface area contributed by atoms with Crippen LogP contribution < -0.4 is 10.2 Å². The van der Waals surface area contributed by atoms with Crippen LogP contribution in [0.3, 0.4) is 0 Å². The monoisotopic (exact) mass is 263 g/mol. The number of nitrogens with one attached hydrogen (secondary N) is 1. The molecular weight excluding hydrogens is 246 g/mol. The van der Waals surface area contributed by atoms with E-state index in [0.717, 1.165) is 25.3 Å². The summed E-state index contributed by atoms with van der Waals surface area (Å²) in [5.74, 6) is 0.696. The Morgan fingerprint density at radius 1 is 1.44 bits per heavy atom. The van der Waals surface area contributed by atoms with E-state index in [1.807, 2.05) is 19.2 Å². The molecule has 0 bridgehead atoms. The molecule has 18 heavy (non-hydrogen) atoms. The summed E-state index contributed by atoms with van der Waals surface area (Å²) in [6, 6.07) is 7.83. The molecule has 1 aromatic rings. The molecule has 1 aliphatic rings. The number of benzene rings is 1. The van der Waals surface area contributed by atoms with Gasteiger partial charge in [0.15, 0.2) is 0 Å². The van der Waals surface area contributed by atoms with Gasteiger partial charge in [0.1, 0.15) is 6.07 Å². The molecule has 0 unspecified atom stereocenters. The first-order valence-corrected chi connectivity index (χ1v) is 6.70. The highest BCUT2D eigenvalue weighted by Crippen LogP contribution is 2.27. The van der Waals surface area contributed by atoms with Gasteiger partial charge < -0.3 is 10.2 Å². The summed E-state index contributed by atoms with van der Waals surface area (Å²) in [4.78, 5) is 2.15. The topological polar surface area (TPSA) is 39.1 Å². The number of halogens is 1. The van der Waals surface area contributed by atoms with Crippen molar-refractivity contribution in [3.05, 3.63) is 28.8 Å². The second-order valence-electron chi connectivity index (χ2n) is 4.82. The third-order valence-electron chi connectivity index (χ3n) is 3.51. The number of hydrogen-bond donors (Lipinski definition) is 1. The zero-order chi connectivity index (χ0) is 13.0. The molecule has 0 spiro atoms. The van der Waals surface area contributed by atoms with Crippen molar-refractivity contribution in [1.29, 1.82) is 5.26 Å². The van der Waals surface area contributed by atoms with Gasteiger partial charge in [0.25, 0.3) is 0 Å². The van der Waals surface area contributed by atoms with Crippen molar-refractivity contribution in [1.82, 2.24) is 5.32 Å². The van der Waals surface area contributed by atoms with E-state index >= 15 is 0 Å². The van der Waals surface area contributed by atoms with E-state index in [-0.39, 0.29) is 0 Å². The number of anilines is 1. The molecule has 0 radical (unpaired) electrons. The van der Waals surface area contributed by atoms with Crippen LogP contribution in [0.4, 0.5) is 5.69 Å². The van der Waals surface area contributed by atoms with Crippen LogP contribution in [-0.4, -0.2) is 26.7 Å². The van der Waals surface area contributed by atoms with Crippen LogP contribution >= 0.6 is 11.6 Å². The molecule has 0 amide bonds. The lowest BCUT2D eigenvalue weighted by atomic mass is 9.97. The highest BCUT2D eigenvalue weighted by molar-refractivity contribution is 6.32. The van der Waals surface area contributed by atoms with Crippen LogP contribution in [0.2, 0.25) is 5.02 Å². The van der Waals surface area contributed by atoms with E-state index in [0.29, 0.717) is 16.5 Å². The first-order valence-electron chi connectivity index (χ1n) is 6.33. The van der Waals surface area contributed by atoms with Crippen LogP contribution in [0.25, 0.3) is 0 Å². The number of nitriles is 1. The van der Waals surface area contributed by atoms with Crippen LogP contribution in [-0.2, 0) is 0 Å². The summed E-state index contributed by atoms with van der Waals surface area (Å²) < 4.78 is 0. The highest BCUT2D eigenvalue weighted by Gasteiger charge is 2.17. The van der Waals surface area contributed by atoms with E-state index in [1.54, 1.807) is 6.07 Å². The lowest BCUT2D eigenvalue weighted by Crippen LogP contribution is -2.34. The molecule has 1 N–H and O–H groups in total. The second kappa shape index (κ2) is 6.08. The quantitative estimate of drug-likeness (QED) is 0.911. The van der Waals surface area contributed by atoms with Crippen molar-refractivity contribution in [3.63, 3.8) is 0 Å². The van der Waals surface area contributed by atoms with Crippen LogP contribution in [0.1, 0.15) is 18.4 Å². The second-order valence-corrected chi connectivity index (χ2v) is 5.23. The molecule has 0 aliphatic carbocycles. The summed E-state index contributed by atoms with van der Waals surface area (Å²) in [6.07, 6.45) is 2.40. The molecule has 1 saturated heterocycles. The maximum atomic E-state index is 9.18. The third kappa shape index (κ3) is 2.95. The SMILES string of the molecule is CN(CC1CCNCC1)c1cccc(Cl)c1C#N. The summed E-state index contributed by atoms with van der Waals surface area (Å²) in [6.45, 7) is 3.18. The lowest BCUT2D eigenvalue weighted by molar-refractivity contribution is 0.378. The first kappa shape index (κ1) is 13.2. The van der Waals surface area contributed by atoms with Crippen LogP contribution in [0, 0.1) is 17.2 Å². The van der Waals surface area contributed by atoms with Gasteiger partial charge in [-0.15, -0.1) is 0 Å². The van der Waals surface area contributed by atoms with Gasteiger partial charge in [-0.2, -0.15) is 5.26 Å². The average molecular weight is 264 g/mol. The average Bonchev–Trinajstić information content (AvgIpc) is 2.39. The molecule has 0 aromatic heterocycles. The van der Waals surface area contributed by atoms with E-state index < -0.39 is 0 Å². The third-order valence-corrected chi connectivity index (χ3v) is 3.82. The maximum absolute atomic E-state index is 9.18. The normalized spacial score (nSPS) is 16.3. The van der Waals surface area contributed by atoms with Gasteiger partial charge in [-0.3, -0.25) is 0 Å². The van der Waals surface area contributed by atoms with E-state index in [9.17, 15) is 5.26 Å². The minimum Gasteiger partial charge on any atom is -0.373 e. The van der Waals surface area contributed by atoms with Gasteiger partial charge in [0, 0.05) is 13.6 Å². The van der Waals surface area contributed by atoms with Crippen molar-refractivity contribution in [3.8, 4) is 6.07 Å². The summed E-state index contributed by atoms with van der Waals surface area (Å²) >= 11 is 6.06. The smallest absolute Gasteiger partial charge is 0.103 e. The van der Waals surface area contributed by atoms with Crippen molar-refractivity contribution in [2.45, 2.75) is 12.8 Å². The standard InChI is InChI=1S/C14H18ClN3/c1-18(10-11-5-7-17-8-6-11)14-4-2-3-13(15)12(14)9-16/h2-4,11,17H,5-8,10H2,1H3. The summed E-state index contributed by atoms with van der Waals surface area (Å²) in [5, 5.41) is 13.1. The Balaban J connectivity index is 2.11. The zero-order valence-electron chi connectivity index (χ0n) is 10.6. The van der Waals surface area contributed by atoms with Crippen LogP contribution in [0.15, 0.2) is 18.2 Å². The Morgan fingerprint density at radius 3 is 2.83 bits per heavy atom. The molecule has 1 fully saturated rings. The molecule has 0 atom stereocenters. The fourth-order valence-corrected chi connectivity index (χ4v) is 2.70.